The van der Waals surface area contributed by atoms with Gasteiger partial charge in [-0.2, -0.15) is 5.10 Å². The van der Waals surface area contributed by atoms with Gasteiger partial charge >= 0.3 is 0 Å². The van der Waals surface area contributed by atoms with Gasteiger partial charge in [-0.3, -0.25) is 19.1 Å². The van der Waals surface area contributed by atoms with Crippen molar-refractivity contribution in [3.63, 3.8) is 0 Å². The van der Waals surface area contributed by atoms with E-state index >= 15 is 0 Å². The first-order chi connectivity index (χ1) is 16.9. The van der Waals surface area contributed by atoms with Crippen LogP contribution in [0, 0.1) is 6.92 Å². The van der Waals surface area contributed by atoms with E-state index in [2.05, 4.69) is 17.0 Å². The molecule has 4 rings (SSSR count). The zero-order valence-corrected chi connectivity index (χ0v) is 21.1. The summed E-state index contributed by atoms with van der Waals surface area (Å²) < 4.78 is 1.66. The first-order valence-corrected chi connectivity index (χ1v) is 12.5. The van der Waals surface area contributed by atoms with Crippen molar-refractivity contribution in [2.45, 2.75) is 39.8 Å². The second kappa shape index (κ2) is 11.0. The van der Waals surface area contributed by atoms with Gasteiger partial charge in [0.05, 0.1) is 0 Å². The fraction of sp³-hybridized carbons (Fsp3) is 0.538. The molecule has 0 unspecified atom stereocenters. The smallest absolute Gasteiger partial charge is 0.274 e. The summed E-state index contributed by atoms with van der Waals surface area (Å²) in [5.41, 5.74) is 2.97. The molecule has 3 amide bonds. The monoisotopic (exact) mass is 480 g/mol. The maximum atomic E-state index is 13.3. The zero-order valence-electron chi connectivity index (χ0n) is 21.1. The van der Waals surface area contributed by atoms with Crippen LogP contribution in [0.1, 0.15) is 51.9 Å². The summed E-state index contributed by atoms with van der Waals surface area (Å²) in [6.07, 6.45) is 1.07. The molecule has 0 N–H and O–H groups in total. The van der Waals surface area contributed by atoms with Crippen LogP contribution in [0.25, 0.3) is 0 Å². The van der Waals surface area contributed by atoms with Crippen LogP contribution in [-0.2, 0) is 17.9 Å². The van der Waals surface area contributed by atoms with E-state index in [0.717, 1.165) is 38.2 Å². The Labute approximate surface area is 207 Å². The maximum absolute atomic E-state index is 13.3. The molecule has 0 aliphatic carbocycles. The summed E-state index contributed by atoms with van der Waals surface area (Å²) in [6, 6.07) is 9.80. The van der Waals surface area contributed by atoms with Crippen molar-refractivity contribution in [1.82, 2.24) is 29.4 Å². The SMILES string of the molecule is CCN(CCC(=O)N1CCN(C)CC1)C(=O)c1cc2n(n1)CCCN(Cc1ccc(C)cc1)C2=O. The van der Waals surface area contributed by atoms with Gasteiger partial charge in [0.15, 0.2) is 5.69 Å². The molecule has 1 fully saturated rings. The van der Waals surface area contributed by atoms with E-state index in [0.29, 0.717) is 44.8 Å². The number of hydrogen-bond donors (Lipinski definition) is 0. The summed E-state index contributed by atoms with van der Waals surface area (Å²) in [5.74, 6) is -0.271. The third kappa shape index (κ3) is 5.90. The molecule has 2 aliphatic rings. The first-order valence-electron chi connectivity index (χ1n) is 12.5. The van der Waals surface area contributed by atoms with Crippen molar-refractivity contribution in [3.05, 3.63) is 52.8 Å². The molecule has 9 heteroatoms. The lowest BCUT2D eigenvalue weighted by Crippen LogP contribution is -2.48. The third-order valence-corrected chi connectivity index (χ3v) is 6.92. The number of carbonyl (C=O) groups is 3. The standard InChI is InChI=1S/C26H36N6O3/c1-4-29(13-10-24(33)30-16-14-28(3)15-17-30)25(34)22-18-23-26(35)31(11-5-12-32(23)27-22)19-21-8-6-20(2)7-9-21/h6-9,18H,4-5,10-17,19H2,1-3H3. The number of likely N-dealkylation sites (N-methyl/N-ethyl adjacent to an activating group) is 1. The molecule has 9 nitrogen and oxygen atoms in total. The normalized spacial score (nSPS) is 16.7. The highest BCUT2D eigenvalue weighted by molar-refractivity contribution is 5.98. The quantitative estimate of drug-likeness (QED) is 0.604. The van der Waals surface area contributed by atoms with Crippen LogP contribution in [0.2, 0.25) is 0 Å². The minimum Gasteiger partial charge on any atom is -0.340 e. The molecule has 1 aromatic heterocycles. The lowest BCUT2D eigenvalue weighted by Gasteiger charge is -2.33. The van der Waals surface area contributed by atoms with E-state index in [1.165, 1.54) is 5.56 Å². The summed E-state index contributed by atoms with van der Waals surface area (Å²) in [6.45, 7) is 9.72. The van der Waals surface area contributed by atoms with Crippen LogP contribution >= 0.6 is 0 Å². The molecular weight excluding hydrogens is 444 g/mol. The van der Waals surface area contributed by atoms with E-state index in [1.54, 1.807) is 15.6 Å². The Kier molecular flexibility index (Phi) is 7.85. The van der Waals surface area contributed by atoms with Gasteiger partial charge in [-0.25, -0.2) is 0 Å². The molecule has 0 radical (unpaired) electrons. The van der Waals surface area contributed by atoms with Crippen molar-refractivity contribution in [1.29, 1.82) is 0 Å². The Balaban J connectivity index is 1.40. The van der Waals surface area contributed by atoms with Gasteiger partial charge in [0, 0.05) is 71.4 Å². The lowest BCUT2D eigenvalue weighted by molar-refractivity contribution is -0.132. The van der Waals surface area contributed by atoms with Gasteiger partial charge in [0.25, 0.3) is 11.8 Å². The first kappa shape index (κ1) is 24.9. The van der Waals surface area contributed by atoms with Gasteiger partial charge in [0.2, 0.25) is 5.91 Å². The van der Waals surface area contributed by atoms with E-state index in [-0.39, 0.29) is 23.4 Å². The van der Waals surface area contributed by atoms with Crippen LogP contribution in [0.3, 0.4) is 0 Å². The number of amides is 3. The fourth-order valence-electron chi connectivity index (χ4n) is 4.61. The Morgan fingerprint density at radius 2 is 1.74 bits per heavy atom. The van der Waals surface area contributed by atoms with Crippen molar-refractivity contribution in [2.75, 3.05) is 52.9 Å². The average Bonchev–Trinajstić information content (AvgIpc) is 3.23. The number of nitrogens with zero attached hydrogens (tertiary/aromatic N) is 6. The molecule has 0 spiro atoms. The Hall–Kier alpha value is -3.20. The number of rotatable bonds is 7. The van der Waals surface area contributed by atoms with Crippen LogP contribution in [-0.4, -0.2) is 100.0 Å². The predicted molar refractivity (Wildman–Crippen MR) is 133 cm³/mol. The van der Waals surface area contributed by atoms with Crippen LogP contribution in [0.15, 0.2) is 30.3 Å². The van der Waals surface area contributed by atoms with Crippen LogP contribution < -0.4 is 0 Å². The molecule has 0 atom stereocenters. The molecule has 35 heavy (non-hydrogen) atoms. The lowest BCUT2D eigenvalue weighted by atomic mass is 10.1. The summed E-state index contributed by atoms with van der Waals surface area (Å²) >= 11 is 0. The molecule has 2 aliphatic heterocycles. The molecule has 3 heterocycles. The summed E-state index contributed by atoms with van der Waals surface area (Å²) in [5, 5.41) is 4.49. The fourth-order valence-corrected chi connectivity index (χ4v) is 4.61. The second-order valence-electron chi connectivity index (χ2n) is 9.52. The van der Waals surface area contributed by atoms with Gasteiger partial charge in [-0.1, -0.05) is 29.8 Å². The number of piperazine rings is 1. The summed E-state index contributed by atoms with van der Waals surface area (Å²) in [4.78, 5) is 46.7. The number of benzene rings is 1. The predicted octanol–water partition coefficient (Wildman–Crippen LogP) is 1.86. The number of fused-ring (bicyclic) bond motifs is 1. The molecule has 188 valence electrons. The Morgan fingerprint density at radius 3 is 2.43 bits per heavy atom. The molecule has 1 aromatic carbocycles. The van der Waals surface area contributed by atoms with E-state index in [4.69, 9.17) is 0 Å². The molecule has 2 aromatic rings. The Bertz CT molecular complexity index is 1060. The minimum absolute atomic E-state index is 0.0758. The number of hydrogen-bond acceptors (Lipinski definition) is 5. The van der Waals surface area contributed by atoms with Crippen molar-refractivity contribution >= 4 is 17.7 Å². The van der Waals surface area contributed by atoms with Gasteiger partial charge in [0.1, 0.15) is 5.69 Å². The molecule has 0 bridgehead atoms. The van der Waals surface area contributed by atoms with Gasteiger partial charge in [-0.15, -0.1) is 0 Å². The van der Waals surface area contributed by atoms with E-state index in [1.807, 2.05) is 47.9 Å². The van der Waals surface area contributed by atoms with Gasteiger partial charge < -0.3 is 19.6 Å². The number of aryl methyl sites for hydroxylation is 2. The largest absolute Gasteiger partial charge is 0.340 e. The molecule has 0 saturated carbocycles. The summed E-state index contributed by atoms with van der Waals surface area (Å²) in [7, 11) is 2.05. The van der Waals surface area contributed by atoms with Gasteiger partial charge in [-0.05, 0) is 32.9 Å². The van der Waals surface area contributed by atoms with E-state index < -0.39 is 0 Å². The van der Waals surface area contributed by atoms with Crippen molar-refractivity contribution < 1.29 is 14.4 Å². The number of aromatic nitrogens is 2. The van der Waals surface area contributed by atoms with E-state index in [9.17, 15) is 14.4 Å². The molecule has 1 saturated heterocycles. The topological polar surface area (TPSA) is 82.0 Å². The number of carbonyl (C=O) groups excluding carboxylic acids is 3. The zero-order chi connectivity index (χ0) is 24.9. The van der Waals surface area contributed by atoms with Crippen molar-refractivity contribution in [2.24, 2.45) is 0 Å². The van der Waals surface area contributed by atoms with Crippen LogP contribution in [0.4, 0.5) is 0 Å². The highest BCUT2D eigenvalue weighted by Crippen LogP contribution is 2.18. The molecular formula is C26H36N6O3. The van der Waals surface area contributed by atoms with Crippen LogP contribution in [0.5, 0.6) is 0 Å². The Morgan fingerprint density at radius 1 is 1.03 bits per heavy atom. The minimum atomic E-state index is -0.239. The highest BCUT2D eigenvalue weighted by Gasteiger charge is 2.28. The van der Waals surface area contributed by atoms with Crippen molar-refractivity contribution in [3.8, 4) is 0 Å². The average molecular weight is 481 g/mol. The third-order valence-electron chi connectivity index (χ3n) is 6.92. The maximum Gasteiger partial charge on any atom is 0.274 e. The highest BCUT2D eigenvalue weighted by atomic mass is 16.2. The second-order valence-corrected chi connectivity index (χ2v) is 9.52.